The molecule has 0 amide bonds. The summed E-state index contributed by atoms with van der Waals surface area (Å²) in [7, 11) is -7.92. The van der Waals surface area contributed by atoms with Crippen LogP contribution in [0.1, 0.15) is 44.2 Å². The Bertz CT molecular complexity index is 2110. The first-order chi connectivity index (χ1) is 23.7. The summed E-state index contributed by atoms with van der Waals surface area (Å²) in [6.07, 6.45) is 4.70. The van der Waals surface area contributed by atoms with Gasteiger partial charge in [-0.2, -0.15) is 26.0 Å². The van der Waals surface area contributed by atoms with Gasteiger partial charge in [-0.3, -0.25) is 4.55 Å². The number of rotatable bonds is 16. The molecule has 15 heteroatoms. The summed E-state index contributed by atoms with van der Waals surface area (Å²) >= 11 is 16.0. The fourth-order valence-corrected chi connectivity index (χ4v) is 10.3. The Labute approximate surface area is 313 Å². The van der Waals surface area contributed by atoms with Crippen molar-refractivity contribution in [2.24, 2.45) is 0 Å². The molecular weight excluding hydrogens is 758 g/mol. The van der Waals surface area contributed by atoms with Crippen LogP contribution in [0.2, 0.25) is 10.0 Å². The number of benzene rings is 3. The van der Waals surface area contributed by atoms with Gasteiger partial charge in [-0.15, -0.1) is 0 Å². The number of quaternary nitrogens is 1. The third kappa shape index (κ3) is 9.69. The normalized spacial score (nSPS) is 15.0. The lowest BCUT2D eigenvalue weighted by molar-refractivity contribution is -1.08. The molecule has 2 heterocycles. The highest BCUT2D eigenvalue weighted by molar-refractivity contribution is 8.03. The Balaban J connectivity index is 1.54. The number of hydroxylamine groups is 3. The van der Waals surface area contributed by atoms with Crippen molar-refractivity contribution in [3.63, 3.8) is 0 Å². The number of halogens is 2. The molecule has 0 spiro atoms. The van der Waals surface area contributed by atoms with Gasteiger partial charge in [0.2, 0.25) is 5.52 Å². The molecule has 0 fully saturated rings. The first kappa shape index (κ1) is 38.8. The molecule has 3 aromatic carbocycles. The second-order valence-electron chi connectivity index (χ2n) is 11.9. The van der Waals surface area contributed by atoms with Gasteiger partial charge >= 0.3 is 10.1 Å². The highest BCUT2D eigenvalue weighted by Crippen LogP contribution is 2.48. The van der Waals surface area contributed by atoms with Crippen molar-refractivity contribution in [1.82, 2.24) is 0 Å². The molecule has 1 aliphatic heterocycles. The lowest BCUT2D eigenvalue weighted by Gasteiger charge is -2.31. The summed E-state index contributed by atoms with van der Waals surface area (Å²) in [5.41, 5.74) is 3.61. The van der Waals surface area contributed by atoms with Crippen molar-refractivity contribution in [1.29, 1.82) is 0 Å². The van der Waals surface area contributed by atoms with Crippen molar-refractivity contribution < 1.29 is 34.9 Å². The molecule has 9 nitrogen and oxygen atoms in total. The number of allylic oxidation sites excluding steroid dienone is 2. The lowest BCUT2D eigenvalue weighted by Crippen LogP contribution is -2.49. The number of anilines is 1. The van der Waals surface area contributed by atoms with Gasteiger partial charge in [-0.1, -0.05) is 80.9 Å². The van der Waals surface area contributed by atoms with Gasteiger partial charge < -0.3 is 4.90 Å². The van der Waals surface area contributed by atoms with Gasteiger partial charge in [-0.25, -0.2) is 0 Å². The van der Waals surface area contributed by atoms with E-state index in [9.17, 15) is 21.4 Å². The summed E-state index contributed by atoms with van der Waals surface area (Å²) in [5.74, 6) is -0.494. The van der Waals surface area contributed by atoms with Crippen LogP contribution in [0.3, 0.4) is 0 Å². The molecule has 0 radical (unpaired) electrons. The third-order valence-electron chi connectivity index (χ3n) is 8.61. The van der Waals surface area contributed by atoms with E-state index in [1.165, 1.54) is 0 Å². The molecule has 0 bridgehead atoms. The van der Waals surface area contributed by atoms with Crippen molar-refractivity contribution in [3.8, 4) is 0 Å². The van der Waals surface area contributed by atoms with E-state index < -0.39 is 20.2 Å². The molecule has 0 unspecified atom stereocenters. The molecule has 5 rings (SSSR count). The second-order valence-corrected chi connectivity index (χ2v) is 18.1. The maximum absolute atomic E-state index is 13.1. The number of thiazole rings is 1. The zero-order valence-corrected chi connectivity index (χ0v) is 32.9. The minimum Gasteiger partial charge on any atom is -0.335 e. The predicted octanol–water partition coefficient (Wildman–Crippen LogP) is 8.30. The predicted molar refractivity (Wildman–Crippen MR) is 206 cm³/mol. The first-order valence-corrected chi connectivity index (χ1v) is 21.9. The van der Waals surface area contributed by atoms with Crippen LogP contribution in [0, 0.1) is 0 Å². The fraction of sp³-hybridized carbons (Fsp3) is 0.343. The summed E-state index contributed by atoms with van der Waals surface area (Å²) < 4.78 is 67.5. The highest BCUT2D eigenvalue weighted by atomic mass is 35.5. The van der Waals surface area contributed by atoms with Crippen LogP contribution < -0.4 is 9.47 Å². The Morgan fingerprint density at radius 2 is 1.60 bits per heavy atom. The molecule has 50 heavy (non-hydrogen) atoms. The van der Waals surface area contributed by atoms with Crippen LogP contribution in [0.25, 0.3) is 21.9 Å². The number of aryl methyl sites for hydroxylation is 1. The summed E-state index contributed by atoms with van der Waals surface area (Å²) in [6.45, 7) is 8.19. The lowest BCUT2D eigenvalue weighted by atomic mass is 10.1. The highest BCUT2D eigenvalue weighted by Gasteiger charge is 2.32. The topological polar surface area (TPSA) is 105 Å². The van der Waals surface area contributed by atoms with Gasteiger partial charge in [0.25, 0.3) is 15.1 Å². The minimum atomic E-state index is -4.12. The molecule has 0 atom stereocenters. The maximum atomic E-state index is 13.1. The average molecular weight is 799 g/mol. The molecule has 1 aromatic heterocycles. The average Bonchev–Trinajstić information content (AvgIpc) is 3.59. The molecule has 4 aromatic rings. The van der Waals surface area contributed by atoms with Crippen LogP contribution >= 0.6 is 46.3 Å². The SMILES string of the molecule is CC[N+](CC)(CC)OS(=O)(=O)CCCN1/C(=C/C(=C/c2sc3ccc(Cl)cc3[n+]2CCCS(=O)(=O)O)c2ccccc2)Sc2ccc(Cl)cc21. The molecule has 0 saturated carbocycles. The Morgan fingerprint density at radius 1 is 0.920 bits per heavy atom. The second kappa shape index (κ2) is 16.5. The number of fused-ring (bicyclic) bond motifs is 2. The van der Waals surface area contributed by atoms with Crippen molar-refractivity contribution in [2.45, 2.75) is 45.1 Å². The fourth-order valence-electron chi connectivity index (χ4n) is 5.84. The van der Waals surface area contributed by atoms with Crippen LogP contribution in [0.15, 0.2) is 82.7 Å². The van der Waals surface area contributed by atoms with E-state index >= 15 is 0 Å². The monoisotopic (exact) mass is 797 g/mol. The zero-order valence-electron chi connectivity index (χ0n) is 28.1. The molecule has 0 saturated heterocycles. The Morgan fingerprint density at radius 3 is 2.28 bits per heavy atom. The van der Waals surface area contributed by atoms with E-state index in [4.69, 9.17) is 27.5 Å². The van der Waals surface area contributed by atoms with Crippen LogP contribution in [0.5, 0.6) is 0 Å². The van der Waals surface area contributed by atoms with Gasteiger partial charge in [-0.05, 0) is 74.7 Å². The van der Waals surface area contributed by atoms with E-state index in [-0.39, 0.29) is 22.6 Å². The number of aromatic nitrogens is 1. The van der Waals surface area contributed by atoms with Gasteiger partial charge in [0.05, 0.1) is 22.2 Å². The van der Waals surface area contributed by atoms with Crippen LogP contribution in [-0.4, -0.2) is 63.7 Å². The summed E-state index contributed by atoms with van der Waals surface area (Å²) in [4.78, 5) is 3.10. The van der Waals surface area contributed by atoms with Crippen LogP contribution in [0.4, 0.5) is 5.69 Å². The standard InChI is InChI=1S/C35H40Cl2N3O6S4/c1-4-40(5-2,6-3)46-50(44,45)21-11-19-39-31-25-29(37)15-17-33(31)48-35(39)23-27(26-12-8-7-9-13-26)22-34-38(18-10-20-49(41,42)43)30-24-28(36)14-16-32(30)47-34/h7-9,12-17,22-25H,4-6,10-11,18-21H2,1-3H3/q+1/p+1. The molecular formula is C35H41Cl2N3O6S4+2. The molecule has 268 valence electrons. The van der Waals surface area contributed by atoms with Gasteiger partial charge in [0.15, 0.2) is 6.54 Å². The minimum absolute atomic E-state index is 0.0521. The molecule has 1 aliphatic rings. The van der Waals surface area contributed by atoms with E-state index in [1.54, 1.807) is 23.1 Å². The van der Waals surface area contributed by atoms with Crippen molar-refractivity contribution in [3.05, 3.63) is 98.5 Å². The number of nitrogens with zero attached hydrogens (tertiary/aromatic N) is 3. The van der Waals surface area contributed by atoms with Gasteiger partial charge in [0.1, 0.15) is 24.3 Å². The van der Waals surface area contributed by atoms with Crippen LogP contribution in [-0.2, 0) is 31.1 Å². The number of hydrogen-bond acceptors (Lipinski definition) is 8. The van der Waals surface area contributed by atoms with E-state index in [0.717, 1.165) is 42.0 Å². The van der Waals surface area contributed by atoms with Gasteiger partial charge in [0, 0.05) is 40.0 Å². The smallest absolute Gasteiger partial charge is 0.314 e. The zero-order chi connectivity index (χ0) is 36.1. The summed E-state index contributed by atoms with van der Waals surface area (Å²) in [5, 5.41) is 2.91. The summed E-state index contributed by atoms with van der Waals surface area (Å²) in [6, 6.07) is 21.3. The maximum Gasteiger partial charge on any atom is 0.314 e. The Hall–Kier alpha value is -2.46. The van der Waals surface area contributed by atoms with Crippen molar-refractivity contribution in [2.75, 3.05) is 42.6 Å². The quantitative estimate of drug-likeness (QED) is 0.0523. The molecule has 0 aliphatic carbocycles. The largest absolute Gasteiger partial charge is 0.335 e. The van der Waals surface area contributed by atoms with E-state index in [2.05, 4.69) is 17.1 Å². The van der Waals surface area contributed by atoms with E-state index in [1.807, 2.05) is 92.1 Å². The third-order valence-corrected chi connectivity index (χ3v) is 13.4. The number of hydrogen-bond donors (Lipinski definition) is 1. The number of thioether (sulfide) groups is 1. The first-order valence-electron chi connectivity index (χ1n) is 16.4. The van der Waals surface area contributed by atoms with Crippen molar-refractivity contribution >= 4 is 94.1 Å². The Kier molecular flexibility index (Phi) is 12.8. The molecule has 1 N–H and O–H groups in total. The van der Waals surface area contributed by atoms with E-state index in [0.29, 0.717) is 49.2 Å².